The molecule has 0 aliphatic carbocycles. The third kappa shape index (κ3) is 3.22. The summed E-state index contributed by atoms with van der Waals surface area (Å²) in [6.45, 7) is 1.30. The highest BCUT2D eigenvalue weighted by Crippen LogP contribution is 2.29. The van der Waals surface area contributed by atoms with Gasteiger partial charge in [0, 0.05) is 6.54 Å². The quantitative estimate of drug-likeness (QED) is 0.767. The van der Waals surface area contributed by atoms with Crippen molar-refractivity contribution in [1.82, 2.24) is 4.90 Å². The van der Waals surface area contributed by atoms with Gasteiger partial charge in [0.2, 0.25) is 0 Å². The summed E-state index contributed by atoms with van der Waals surface area (Å²) in [5.41, 5.74) is -0.381. The molecule has 0 unspecified atom stereocenters. The summed E-state index contributed by atoms with van der Waals surface area (Å²) in [6, 6.07) is 7.24. The van der Waals surface area contributed by atoms with E-state index in [1.807, 2.05) is 31.1 Å². The van der Waals surface area contributed by atoms with E-state index in [2.05, 4.69) is 5.32 Å². The van der Waals surface area contributed by atoms with Gasteiger partial charge in [0.25, 0.3) is 10.9 Å². The van der Waals surface area contributed by atoms with Crippen LogP contribution in [-0.4, -0.2) is 39.3 Å². The fourth-order valence-corrected chi connectivity index (χ4v) is 1.85. The van der Waals surface area contributed by atoms with Gasteiger partial charge in [-0.3, -0.25) is 9.59 Å². The van der Waals surface area contributed by atoms with E-state index in [-0.39, 0.29) is 11.4 Å². The van der Waals surface area contributed by atoms with Crippen molar-refractivity contribution in [2.45, 2.75) is 0 Å². The number of methoxy groups -OCH3 is 1. The summed E-state index contributed by atoms with van der Waals surface area (Å²) in [4.78, 5) is 24.9. The molecule has 0 radical (unpaired) electrons. The lowest BCUT2D eigenvalue weighted by Crippen LogP contribution is -2.34. The molecule has 0 saturated heterocycles. The molecule has 0 bridgehead atoms. The van der Waals surface area contributed by atoms with Gasteiger partial charge in [-0.2, -0.15) is 0 Å². The molecule has 2 aromatic carbocycles. The molecule has 0 aliphatic heterocycles. The number of para-hydroxylation sites is 2. The first-order chi connectivity index (χ1) is 10.0. The number of hydrogen-bond donors (Lipinski definition) is 1. The minimum atomic E-state index is -0.606. The molecule has 0 saturated carbocycles. The van der Waals surface area contributed by atoms with Crippen LogP contribution in [0.15, 0.2) is 33.9 Å². The van der Waals surface area contributed by atoms with E-state index < -0.39 is 10.9 Å². The number of nitrogens with zero attached hydrogens (tertiary/aromatic N) is 1. The van der Waals surface area contributed by atoms with Crippen LogP contribution in [-0.2, 0) is 0 Å². The monoisotopic (exact) mass is 290 g/mol. The number of likely N-dealkylation sites (N-methyl/N-ethyl adjacent to an activating group) is 1. The SMILES string of the molecule is COc1c(Nc2ccccc2OCCN(C)C)c(=O)c1=O. The second kappa shape index (κ2) is 6.41. The summed E-state index contributed by atoms with van der Waals surface area (Å²) in [5, 5.41) is 2.91. The largest absolute Gasteiger partial charge is 0.491 e. The number of anilines is 2. The van der Waals surface area contributed by atoms with Crippen molar-refractivity contribution in [3.05, 3.63) is 44.7 Å². The van der Waals surface area contributed by atoms with Gasteiger partial charge in [0.05, 0.1) is 12.8 Å². The van der Waals surface area contributed by atoms with Gasteiger partial charge in [-0.25, -0.2) is 0 Å². The van der Waals surface area contributed by atoms with Gasteiger partial charge in [-0.15, -0.1) is 0 Å². The normalized spacial score (nSPS) is 10.9. The maximum absolute atomic E-state index is 11.6. The average Bonchev–Trinajstić information content (AvgIpc) is 2.47. The Hall–Kier alpha value is -2.34. The van der Waals surface area contributed by atoms with Crippen molar-refractivity contribution >= 4 is 11.4 Å². The number of hydrogen-bond acceptors (Lipinski definition) is 6. The average molecular weight is 290 g/mol. The third-order valence-electron chi connectivity index (χ3n) is 3.01. The van der Waals surface area contributed by atoms with Crippen LogP contribution in [0.1, 0.15) is 0 Å². The Bertz CT molecular complexity index is 687. The Balaban J connectivity index is 2.15. The fraction of sp³-hybridized carbons (Fsp3) is 0.333. The molecule has 0 spiro atoms. The van der Waals surface area contributed by atoms with E-state index in [1.54, 1.807) is 12.1 Å². The molecule has 21 heavy (non-hydrogen) atoms. The first-order valence-corrected chi connectivity index (χ1v) is 6.55. The Kier molecular flexibility index (Phi) is 4.59. The molecule has 0 amide bonds. The molecule has 6 heteroatoms. The minimum absolute atomic E-state index is 0.0584. The maximum Gasteiger partial charge on any atom is 0.272 e. The van der Waals surface area contributed by atoms with Gasteiger partial charge in [-0.05, 0) is 26.2 Å². The second-order valence-corrected chi connectivity index (χ2v) is 4.84. The summed E-state index contributed by atoms with van der Waals surface area (Å²) in [5.74, 6) is 0.678. The van der Waals surface area contributed by atoms with Gasteiger partial charge in [0.15, 0.2) is 5.75 Å². The smallest absolute Gasteiger partial charge is 0.272 e. The van der Waals surface area contributed by atoms with Gasteiger partial charge in [0.1, 0.15) is 18.0 Å². The third-order valence-corrected chi connectivity index (χ3v) is 3.01. The van der Waals surface area contributed by atoms with Crippen molar-refractivity contribution in [2.24, 2.45) is 0 Å². The highest BCUT2D eigenvalue weighted by molar-refractivity contribution is 5.73. The molecule has 1 N–H and O–H groups in total. The van der Waals surface area contributed by atoms with Crippen LogP contribution >= 0.6 is 0 Å². The highest BCUT2D eigenvalue weighted by Gasteiger charge is 2.22. The Morgan fingerprint density at radius 2 is 1.86 bits per heavy atom. The van der Waals surface area contributed by atoms with Gasteiger partial charge in [-0.1, -0.05) is 12.1 Å². The second-order valence-electron chi connectivity index (χ2n) is 4.84. The molecular weight excluding hydrogens is 272 g/mol. The summed E-state index contributed by atoms with van der Waals surface area (Å²) >= 11 is 0. The molecule has 0 atom stereocenters. The molecule has 0 aromatic heterocycles. The Labute approximate surface area is 122 Å². The molecule has 0 heterocycles. The zero-order chi connectivity index (χ0) is 15.4. The van der Waals surface area contributed by atoms with Gasteiger partial charge >= 0.3 is 0 Å². The maximum atomic E-state index is 11.6. The van der Waals surface area contributed by atoms with Crippen LogP contribution in [0.4, 0.5) is 11.4 Å². The Morgan fingerprint density at radius 1 is 1.14 bits per heavy atom. The van der Waals surface area contributed by atoms with E-state index >= 15 is 0 Å². The van der Waals surface area contributed by atoms with Crippen LogP contribution in [0.2, 0.25) is 0 Å². The lowest BCUT2D eigenvalue weighted by atomic mass is 10.2. The number of rotatable bonds is 7. The summed E-state index contributed by atoms with van der Waals surface area (Å²) in [7, 11) is 5.28. The summed E-state index contributed by atoms with van der Waals surface area (Å²) < 4.78 is 10.6. The van der Waals surface area contributed by atoms with Crippen LogP contribution in [0.25, 0.3) is 0 Å². The number of nitrogens with one attached hydrogen (secondary N) is 1. The molecule has 0 fully saturated rings. The predicted molar refractivity (Wildman–Crippen MR) is 81.7 cm³/mol. The molecule has 112 valence electrons. The molecule has 2 aromatic rings. The van der Waals surface area contributed by atoms with Crippen LogP contribution < -0.4 is 25.6 Å². The highest BCUT2D eigenvalue weighted by atomic mass is 16.5. The first kappa shape index (κ1) is 15.1. The van der Waals surface area contributed by atoms with Crippen molar-refractivity contribution in [2.75, 3.05) is 39.7 Å². The summed E-state index contributed by atoms with van der Waals surface area (Å²) in [6.07, 6.45) is 0. The standard InChI is InChI=1S/C15H18N2O4/c1-17(2)8-9-21-11-7-5-4-6-10(11)16-12-13(18)14(19)15(12)20-3/h4-7,16H,8-9H2,1-3H3. The van der Waals surface area contributed by atoms with E-state index in [4.69, 9.17) is 9.47 Å². The molecular formula is C15H18N2O4. The molecule has 6 nitrogen and oxygen atoms in total. The van der Waals surface area contributed by atoms with Crippen LogP contribution in [0.3, 0.4) is 0 Å². The van der Waals surface area contributed by atoms with Gasteiger partial charge < -0.3 is 19.7 Å². The minimum Gasteiger partial charge on any atom is -0.491 e. The Morgan fingerprint density at radius 3 is 2.52 bits per heavy atom. The van der Waals surface area contributed by atoms with Crippen molar-refractivity contribution in [1.29, 1.82) is 0 Å². The van der Waals surface area contributed by atoms with E-state index in [0.717, 1.165) is 6.54 Å². The lowest BCUT2D eigenvalue weighted by Gasteiger charge is -2.16. The van der Waals surface area contributed by atoms with E-state index in [9.17, 15) is 9.59 Å². The van der Waals surface area contributed by atoms with E-state index in [1.165, 1.54) is 7.11 Å². The van der Waals surface area contributed by atoms with Crippen molar-refractivity contribution in [3.63, 3.8) is 0 Å². The zero-order valence-electron chi connectivity index (χ0n) is 12.3. The predicted octanol–water partition coefficient (Wildman–Crippen LogP) is 0.975. The fourth-order valence-electron chi connectivity index (χ4n) is 1.85. The lowest BCUT2D eigenvalue weighted by molar-refractivity contribution is 0.262. The van der Waals surface area contributed by atoms with Crippen molar-refractivity contribution < 1.29 is 9.47 Å². The van der Waals surface area contributed by atoms with E-state index in [0.29, 0.717) is 18.0 Å². The van der Waals surface area contributed by atoms with Crippen molar-refractivity contribution in [3.8, 4) is 11.5 Å². The van der Waals surface area contributed by atoms with Crippen LogP contribution in [0.5, 0.6) is 11.5 Å². The number of ether oxygens (including phenoxy) is 2. The number of benzene rings is 1. The molecule has 0 aliphatic rings. The first-order valence-electron chi connectivity index (χ1n) is 6.55. The van der Waals surface area contributed by atoms with Crippen LogP contribution in [0, 0.1) is 0 Å². The topological polar surface area (TPSA) is 67.9 Å². The zero-order valence-corrected chi connectivity index (χ0v) is 12.3. The molecule has 2 rings (SSSR count).